The average Bonchev–Trinajstić information content (AvgIpc) is 3.35. The molecule has 0 aliphatic carbocycles. The molecule has 0 unspecified atom stereocenters. The Balaban J connectivity index is 1.35. The molecule has 0 spiro atoms. The highest BCUT2D eigenvalue weighted by molar-refractivity contribution is 7.13. The first-order valence-electron chi connectivity index (χ1n) is 10.1. The first-order chi connectivity index (χ1) is 15.6. The van der Waals surface area contributed by atoms with E-state index in [1.165, 1.54) is 0 Å². The lowest BCUT2D eigenvalue weighted by Gasteiger charge is -2.11. The molecule has 160 valence electrons. The van der Waals surface area contributed by atoms with E-state index in [0.29, 0.717) is 23.5 Å². The standard InChI is InChI=1S/C25H22N4O2S/c26-21-10-9-20(23-4-2-12-32-23)14-22(21)29-25(31)19-7-5-17(6-8-19)16-28-24(30)13-18-3-1-11-27-15-18/h1-12,14-15H,13,16,26H2,(H,28,30)(H,29,31). The number of aromatic nitrogens is 1. The lowest BCUT2D eigenvalue weighted by molar-refractivity contribution is -0.120. The Kier molecular flexibility index (Phi) is 6.57. The monoisotopic (exact) mass is 442 g/mol. The number of anilines is 2. The van der Waals surface area contributed by atoms with E-state index < -0.39 is 0 Å². The van der Waals surface area contributed by atoms with Crippen molar-refractivity contribution >= 4 is 34.5 Å². The molecule has 0 atom stereocenters. The van der Waals surface area contributed by atoms with Crippen LogP contribution in [0.15, 0.2) is 84.5 Å². The predicted octanol–water partition coefficient (Wildman–Crippen LogP) is 4.50. The smallest absolute Gasteiger partial charge is 0.255 e. The summed E-state index contributed by atoms with van der Waals surface area (Å²) in [5.74, 6) is -0.326. The van der Waals surface area contributed by atoms with Gasteiger partial charge in [0.2, 0.25) is 5.91 Å². The lowest BCUT2D eigenvalue weighted by atomic mass is 10.1. The molecule has 32 heavy (non-hydrogen) atoms. The van der Waals surface area contributed by atoms with Gasteiger partial charge >= 0.3 is 0 Å². The SMILES string of the molecule is Nc1ccc(-c2cccs2)cc1NC(=O)c1ccc(CNC(=O)Cc2cccnc2)cc1. The first-order valence-corrected chi connectivity index (χ1v) is 11.0. The van der Waals surface area contributed by atoms with Crippen LogP contribution in [0.5, 0.6) is 0 Å². The van der Waals surface area contributed by atoms with Gasteiger partial charge in [-0.3, -0.25) is 14.6 Å². The summed E-state index contributed by atoms with van der Waals surface area (Å²) < 4.78 is 0. The number of hydrogen-bond donors (Lipinski definition) is 3. The quantitative estimate of drug-likeness (QED) is 0.367. The number of carbonyl (C=O) groups excluding carboxylic acids is 2. The van der Waals surface area contributed by atoms with Gasteiger partial charge in [-0.1, -0.05) is 30.3 Å². The molecule has 2 heterocycles. The summed E-state index contributed by atoms with van der Waals surface area (Å²) in [6.07, 6.45) is 3.63. The Morgan fingerprint density at radius 2 is 1.81 bits per heavy atom. The molecule has 4 N–H and O–H groups in total. The van der Waals surface area contributed by atoms with Crippen molar-refractivity contribution in [2.75, 3.05) is 11.1 Å². The van der Waals surface area contributed by atoms with Gasteiger partial charge in [0, 0.05) is 29.4 Å². The Bertz CT molecular complexity index is 1210. The number of amides is 2. The zero-order valence-corrected chi connectivity index (χ0v) is 18.1. The molecule has 0 radical (unpaired) electrons. The Hall–Kier alpha value is -3.97. The molecule has 0 fully saturated rings. The van der Waals surface area contributed by atoms with Crippen molar-refractivity contribution in [3.8, 4) is 10.4 Å². The maximum atomic E-state index is 12.7. The third-order valence-electron chi connectivity index (χ3n) is 4.90. The number of carbonyl (C=O) groups is 2. The van der Waals surface area contributed by atoms with E-state index >= 15 is 0 Å². The van der Waals surface area contributed by atoms with E-state index in [2.05, 4.69) is 15.6 Å². The van der Waals surface area contributed by atoms with Crippen LogP contribution in [0.2, 0.25) is 0 Å². The van der Waals surface area contributed by atoms with E-state index in [0.717, 1.165) is 21.6 Å². The molecule has 6 nitrogen and oxygen atoms in total. The Morgan fingerprint density at radius 1 is 0.969 bits per heavy atom. The van der Waals surface area contributed by atoms with Gasteiger partial charge in [-0.05, 0) is 58.5 Å². The topological polar surface area (TPSA) is 97.1 Å². The van der Waals surface area contributed by atoms with E-state index in [-0.39, 0.29) is 18.2 Å². The van der Waals surface area contributed by atoms with Gasteiger partial charge < -0.3 is 16.4 Å². The van der Waals surface area contributed by atoms with Gasteiger partial charge in [-0.25, -0.2) is 0 Å². The van der Waals surface area contributed by atoms with E-state index in [9.17, 15) is 9.59 Å². The summed E-state index contributed by atoms with van der Waals surface area (Å²) in [6, 6.07) is 20.4. The average molecular weight is 443 g/mol. The summed E-state index contributed by atoms with van der Waals surface area (Å²) in [6.45, 7) is 0.386. The summed E-state index contributed by atoms with van der Waals surface area (Å²) in [5.41, 5.74) is 10.4. The minimum atomic E-state index is -0.243. The number of rotatable bonds is 7. The number of thiophene rings is 1. The highest BCUT2D eigenvalue weighted by Gasteiger charge is 2.10. The number of nitrogens with zero attached hydrogens (tertiary/aromatic N) is 1. The predicted molar refractivity (Wildman–Crippen MR) is 128 cm³/mol. The number of pyridine rings is 1. The van der Waals surface area contributed by atoms with Crippen molar-refractivity contribution in [2.24, 2.45) is 0 Å². The summed E-state index contributed by atoms with van der Waals surface area (Å²) in [7, 11) is 0. The third-order valence-corrected chi connectivity index (χ3v) is 5.82. The fraction of sp³-hybridized carbons (Fsp3) is 0.0800. The second-order valence-electron chi connectivity index (χ2n) is 7.25. The van der Waals surface area contributed by atoms with Gasteiger partial charge in [0.1, 0.15) is 0 Å². The number of hydrogen-bond acceptors (Lipinski definition) is 5. The molecule has 0 bridgehead atoms. The van der Waals surface area contributed by atoms with Crippen LogP contribution in [0.4, 0.5) is 11.4 Å². The minimum Gasteiger partial charge on any atom is -0.397 e. The molecule has 2 amide bonds. The number of nitrogens with one attached hydrogen (secondary N) is 2. The summed E-state index contributed by atoms with van der Waals surface area (Å²) >= 11 is 1.63. The fourth-order valence-corrected chi connectivity index (χ4v) is 3.90. The highest BCUT2D eigenvalue weighted by atomic mass is 32.1. The molecule has 4 aromatic rings. The normalized spacial score (nSPS) is 10.5. The molecule has 2 aromatic heterocycles. The molecule has 4 rings (SSSR count). The van der Waals surface area contributed by atoms with E-state index in [4.69, 9.17) is 5.73 Å². The fourth-order valence-electron chi connectivity index (χ4n) is 3.18. The van der Waals surface area contributed by atoms with Crippen LogP contribution in [0.25, 0.3) is 10.4 Å². The lowest BCUT2D eigenvalue weighted by Crippen LogP contribution is -2.24. The van der Waals surface area contributed by atoms with Crippen LogP contribution in [0.3, 0.4) is 0 Å². The number of nitrogen functional groups attached to an aromatic ring is 1. The highest BCUT2D eigenvalue weighted by Crippen LogP contribution is 2.30. The summed E-state index contributed by atoms with van der Waals surface area (Å²) in [4.78, 5) is 29.9. The van der Waals surface area contributed by atoms with Crippen molar-refractivity contribution in [1.29, 1.82) is 0 Å². The van der Waals surface area contributed by atoms with Crippen molar-refractivity contribution in [3.63, 3.8) is 0 Å². The van der Waals surface area contributed by atoms with E-state index in [1.807, 2.05) is 47.8 Å². The largest absolute Gasteiger partial charge is 0.397 e. The van der Waals surface area contributed by atoms with Crippen molar-refractivity contribution in [1.82, 2.24) is 10.3 Å². The first kappa shape index (κ1) is 21.3. The zero-order valence-electron chi connectivity index (χ0n) is 17.2. The van der Waals surface area contributed by atoms with Gasteiger partial charge in [-0.2, -0.15) is 0 Å². The number of benzene rings is 2. The number of nitrogens with two attached hydrogens (primary N) is 1. The van der Waals surface area contributed by atoms with Crippen LogP contribution >= 0.6 is 11.3 Å². The molecule has 7 heteroatoms. The van der Waals surface area contributed by atoms with Crippen LogP contribution in [-0.2, 0) is 17.8 Å². The molecule has 0 saturated carbocycles. The molecule has 2 aromatic carbocycles. The van der Waals surface area contributed by atoms with Crippen LogP contribution in [0.1, 0.15) is 21.5 Å². The molecular formula is C25H22N4O2S. The Morgan fingerprint density at radius 3 is 2.53 bits per heavy atom. The van der Waals surface area contributed by atoms with Crippen molar-refractivity contribution < 1.29 is 9.59 Å². The van der Waals surface area contributed by atoms with Gasteiger partial charge in [0.05, 0.1) is 17.8 Å². The van der Waals surface area contributed by atoms with Gasteiger partial charge in [0.25, 0.3) is 5.91 Å². The maximum absolute atomic E-state index is 12.7. The van der Waals surface area contributed by atoms with Crippen LogP contribution in [-0.4, -0.2) is 16.8 Å². The van der Waals surface area contributed by atoms with Crippen molar-refractivity contribution in [2.45, 2.75) is 13.0 Å². The maximum Gasteiger partial charge on any atom is 0.255 e. The summed E-state index contributed by atoms with van der Waals surface area (Å²) in [5, 5.41) is 7.78. The zero-order chi connectivity index (χ0) is 22.3. The molecular weight excluding hydrogens is 420 g/mol. The van der Waals surface area contributed by atoms with Crippen molar-refractivity contribution in [3.05, 3.63) is 101 Å². The molecule has 0 saturated heterocycles. The second kappa shape index (κ2) is 9.89. The third kappa shape index (κ3) is 5.39. The second-order valence-corrected chi connectivity index (χ2v) is 8.19. The van der Waals surface area contributed by atoms with Gasteiger partial charge in [-0.15, -0.1) is 11.3 Å². The molecule has 0 aliphatic rings. The minimum absolute atomic E-state index is 0.0825. The van der Waals surface area contributed by atoms with Crippen LogP contribution in [0, 0.1) is 0 Å². The molecule has 0 aliphatic heterocycles. The van der Waals surface area contributed by atoms with E-state index in [1.54, 1.807) is 48.0 Å². The van der Waals surface area contributed by atoms with Crippen LogP contribution < -0.4 is 16.4 Å². The Labute approximate surface area is 190 Å². The van der Waals surface area contributed by atoms with Gasteiger partial charge in [0.15, 0.2) is 0 Å².